The molecule has 11 rings (SSSR count). The van der Waals surface area contributed by atoms with Gasteiger partial charge in [0, 0.05) is 21.8 Å². The lowest BCUT2D eigenvalue weighted by atomic mass is 9.33. The Balaban J connectivity index is 1.61. The third-order valence-electron chi connectivity index (χ3n) is 10.3. The molecule has 6 aromatic carbocycles. The first-order chi connectivity index (χ1) is 20.2. The maximum atomic E-state index is 2.57. The summed E-state index contributed by atoms with van der Waals surface area (Å²) in [4.78, 5) is 0. The van der Waals surface area contributed by atoms with Crippen molar-refractivity contribution in [2.75, 3.05) is 0 Å². The number of aryl methyl sites for hydroxylation is 2. The fourth-order valence-electron chi connectivity index (χ4n) is 8.84. The molecule has 0 bridgehead atoms. The zero-order chi connectivity index (χ0) is 26.7. The van der Waals surface area contributed by atoms with Gasteiger partial charge in [0.1, 0.15) is 5.52 Å². The zero-order valence-corrected chi connectivity index (χ0v) is 22.7. The average molecular weight is 520 g/mol. The molecule has 0 N–H and O–H groups in total. The molecule has 0 radical (unpaired) electrons. The van der Waals surface area contributed by atoms with Gasteiger partial charge in [0.25, 0.3) is 5.65 Å². The Morgan fingerprint density at radius 1 is 0.610 bits per heavy atom. The highest BCUT2D eigenvalue weighted by atomic mass is 15.1. The summed E-state index contributed by atoms with van der Waals surface area (Å²) in [6, 6.07) is 38.6. The van der Waals surface area contributed by atoms with Crippen molar-refractivity contribution in [1.29, 1.82) is 0 Å². The molecule has 4 heteroatoms. The lowest BCUT2D eigenvalue weighted by Gasteiger charge is -2.32. The van der Waals surface area contributed by atoms with Crippen LogP contribution >= 0.6 is 0 Å². The Morgan fingerprint density at radius 3 is 2.32 bits per heavy atom. The van der Waals surface area contributed by atoms with Gasteiger partial charge in [-0.2, -0.15) is 4.40 Å². The molecule has 0 unspecified atom stereocenters. The zero-order valence-electron chi connectivity index (χ0n) is 22.7. The molecule has 3 aromatic heterocycles. The van der Waals surface area contributed by atoms with Crippen LogP contribution in [0.1, 0.15) is 5.56 Å². The van der Waals surface area contributed by atoms with Crippen molar-refractivity contribution >= 4 is 94.0 Å². The van der Waals surface area contributed by atoms with Crippen LogP contribution < -0.4 is 21.0 Å². The molecule has 0 saturated heterocycles. The summed E-state index contributed by atoms with van der Waals surface area (Å²) in [5.41, 5.74) is 14.7. The molecule has 188 valence electrons. The summed E-state index contributed by atoms with van der Waals surface area (Å²) in [6.45, 7) is 2.55. The van der Waals surface area contributed by atoms with Crippen LogP contribution in [0.5, 0.6) is 0 Å². The Kier molecular flexibility index (Phi) is 3.35. The molecular formula is C37H23BN3+. The molecule has 9 aromatic rings. The maximum Gasteiger partial charge on any atom is 0.295 e. The first-order valence-corrected chi connectivity index (χ1v) is 14.5. The van der Waals surface area contributed by atoms with Gasteiger partial charge in [-0.3, -0.25) is 0 Å². The van der Waals surface area contributed by atoms with Gasteiger partial charge in [0.15, 0.2) is 11.0 Å². The largest absolute Gasteiger partial charge is 0.310 e. The van der Waals surface area contributed by atoms with Gasteiger partial charge in [-0.15, -0.1) is 0 Å². The molecule has 5 heterocycles. The van der Waals surface area contributed by atoms with Crippen LogP contribution in [0.2, 0.25) is 0 Å². The van der Waals surface area contributed by atoms with Gasteiger partial charge >= 0.3 is 0 Å². The molecule has 0 aliphatic carbocycles. The molecule has 2 aliphatic rings. The van der Waals surface area contributed by atoms with Crippen molar-refractivity contribution in [2.45, 2.75) is 6.92 Å². The van der Waals surface area contributed by atoms with E-state index < -0.39 is 0 Å². The number of aromatic nitrogens is 3. The highest BCUT2D eigenvalue weighted by Gasteiger charge is 2.41. The number of pyridine rings is 1. The standard InChI is InChI=1S/C37H23BN3/c1-20-30-22-11-3-5-14-25(22)40-26-15-6-4-12-23(26)38-24-13-9-10-21-18-19-29-33(32(21)24)34(35(38)36(30)40)31(20)37-39(2)27-16-7-8-17-28(27)41(29)37/h3-19H,1-2H3/q+1. The van der Waals surface area contributed by atoms with E-state index in [1.54, 1.807) is 0 Å². The summed E-state index contributed by atoms with van der Waals surface area (Å²) in [5.74, 6) is 0. The van der Waals surface area contributed by atoms with E-state index in [0.29, 0.717) is 0 Å². The SMILES string of the molecule is Cc1c2c3ccccc3n3c2c2c4c1c1n(c5ccc6cccc(c6c45)B2c2ccccc2-3)c2ccccc2[n+]1C. The minimum Gasteiger partial charge on any atom is -0.310 e. The Morgan fingerprint density at radius 2 is 1.39 bits per heavy atom. The van der Waals surface area contributed by atoms with Crippen molar-refractivity contribution in [3.63, 3.8) is 0 Å². The topological polar surface area (TPSA) is 13.2 Å². The Hall–Kier alpha value is -5.09. The fourth-order valence-corrected chi connectivity index (χ4v) is 8.84. The van der Waals surface area contributed by atoms with E-state index in [0.717, 1.165) is 0 Å². The van der Waals surface area contributed by atoms with Crippen LogP contribution in [-0.4, -0.2) is 15.7 Å². The minimum atomic E-state index is 0.188. The number of hydrogen-bond donors (Lipinski definition) is 0. The van der Waals surface area contributed by atoms with Crippen molar-refractivity contribution in [1.82, 2.24) is 8.97 Å². The van der Waals surface area contributed by atoms with Crippen molar-refractivity contribution in [2.24, 2.45) is 7.05 Å². The van der Waals surface area contributed by atoms with Gasteiger partial charge in [0.05, 0.1) is 23.5 Å². The first-order valence-electron chi connectivity index (χ1n) is 14.5. The molecule has 0 spiro atoms. The lowest BCUT2D eigenvalue weighted by molar-refractivity contribution is -0.617. The Bertz CT molecular complexity index is 2730. The van der Waals surface area contributed by atoms with Crippen molar-refractivity contribution in [3.05, 3.63) is 109 Å². The monoisotopic (exact) mass is 520 g/mol. The molecule has 2 aliphatic heterocycles. The van der Waals surface area contributed by atoms with Gasteiger partial charge in [0.2, 0.25) is 6.71 Å². The quantitative estimate of drug-likeness (QED) is 0.134. The number of benzene rings is 6. The molecule has 41 heavy (non-hydrogen) atoms. The second-order valence-electron chi connectivity index (χ2n) is 12.0. The van der Waals surface area contributed by atoms with E-state index in [1.165, 1.54) is 98.6 Å². The van der Waals surface area contributed by atoms with Gasteiger partial charge in [-0.25, -0.2) is 4.57 Å². The molecule has 0 fully saturated rings. The summed E-state index contributed by atoms with van der Waals surface area (Å²) in [7, 11) is 2.24. The van der Waals surface area contributed by atoms with Crippen molar-refractivity contribution < 1.29 is 4.57 Å². The maximum absolute atomic E-state index is 2.57. The van der Waals surface area contributed by atoms with Crippen molar-refractivity contribution in [3.8, 4) is 5.69 Å². The van der Waals surface area contributed by atoms with E-state index >= 15 is 0 Å². The predicted molar refractivity (Wildman–Crippen MR) is 172 cm³/mol. The minimum absolute atomic E-state index is 0.188. The number of rotatable bonds is 0. The fraction of sp³-hybridized carbons (Fsp3) is 0.0541. The number of fused-ring (bicyclic) bond motifs is 12. The highest BCUT2D eigenvalue weighted by molar-refractivity contribution is 7.02. The van der Waals surface area contributed by atoms with E-state index in [9.17, 15) is 0 Å². The molecule has 0 atom stereocenters. The first kappa shape index (κ1) is 20.8. The number of para-hydroxylation sites is 4. The lowest BCUT2D eigenvalue weighted by Crippen LogP contribution is -2.57. The summed E-state index contributed by atoms with van der Waals surface area (Å²) < 4.78 is 7.52. The van der Waals surface area contributed by atoms with Crippen LogP contribution in [0.25, 0.3) is 76.6 Å². The number of nitrogens with zero attached hydrogens (tertiary/aromatic N) is 3. The van der Waals surface area contributed by atoms with Crippen LogP contribution in [0.4, 0.5) is 0 Å². The smallest absolute Gasteiger partial charge is 0.295 e. The van der Waals surface area contributed by atoms with Crippen LogP contribution in [0, 0.1) is 6.92 Å². The second kappa shape index (κ2) is 6.62. The van der Waals surface area contributed by atoms with Crippen LogP contribution in [-0.2, 0) is 7.05 Å². The van der Waals surface area contributed by atoms with E-state index in [1.807, 2.05) is 0 Å². The van der Waals surface area contributed by atoms with Gasteiger partial charge in [-0.05, 0) is 69.9 Å². The predicted octanol–water partition coefficient (Wildman–Crippen LogP) is 5.93. The second-order valence-corrected chi connectivity index (χ2v) is 12.0. The number of hydrogen-bond acceptors (Lipinski definition) is 0. The Labute approximate surface area is 235 Å². The van der Waals surface area contributed by atoms with Crippen LogP contribution in [0.3, 0.4) is 0 Å². The van der Waals surface area contributed by atoms with E-state index in [2.05, 4.69) is 131 Å². The summed E-state index contributed by atoms with van der Waals surface area (Å²) in [5, 5.41) is 9.67. The molecular weight excluding hydrogens is 497 g/mol. The van der Waals surface area contributed by atoms with E-state index in [-0.39, 0.29) is 6.71 Å². The van der Waals surface area contributed by atoms with Crippen LogP contribution in [0.15, 0.2) is 103 Å². The summed E-state index contributed by atoms with van der Waals surface area (Å²) >= 11 is 0. The van der Waals surface area contributed by atoms with Gasteiger partial charge in [-0.1, -0.05) is 78.3 Å². The van der Waals surface area contributed by atoms with E-state index in [4.69, 9.17) is 0 Å². The molecule has 0 amide bonds. The summed E-state index contributed by atoms with van der Waals surface area (Å²) in [6.07, 6.45) is 0. The third kappa shape index (κ3) is 2.08. The normalized spacial score (nSPS) is 13.6. The molecule has 3 nitrogen and oxygen atoms in total. The molecule has 0 saturated carbocycles. The third-order valence-corrected chi connectivity index (χ3v) is 10.3. The highest BCUT2D eigenvalue weighted by Crippen LogP contribution is 2.44. The van der Waals surface area contributed by atoms with Gasteiger partial charge < -0.3 is 4.57 Å². The average Bonchev–Trinajstić information content (AvgIpc) is 3.52. The number of imidazole rings is 1.